The minimum absolute atomic E-state index is 0.0431. The molecular weight excluding hydrogens is 414 g/mol. The van der Waals surface area contributed by atoms with Crippen LogP contribution in [0.4, 0.5) is 14.5 Å². The predicted octanol–water partition coefficient (Wildman–Crippen LogP) is 3.21. The topological polar surface area (TPSA) is 85.2 Å². The molecule has 0 aliphatic heterocycles. The number of pyridine rings is 1. The highest BCUT2D eigenvalue weighted by molar-refractivity contribution is 7.91. The summed E-state index contributed by atoms with van der Waals surface area (Å²) in [6.07, 6.45) is 0. The molecule has 0 saturated heterocycles. The van der Waals surface area contributed by atoms with Gasteiger partial charge in [0.1, 0.15) is 23.1 Å². The van der Waals surface area contributed by atoms with Gasteiger partial charge >= 0.3 is 0 Å². The monoisotopic (exact) mass is 432 g/mol. The number of halogens is 2. The summed E-state index contributed by atoms with van der Waals surface area (Å²) < 4.78 is 53.8. The van der Waals surface area contributed by atoms with Gasteiger partial charge in [-0.1, -0.05) is 18.2 Å². The Hall–Kier alpha value is -3.33. The number of aromatic nitrogens is 1. The first-order valence-electron chi connectivity index (χ1n) is 8.87. The number of anilines is 1. The Balaban J connectivity index is 1.99. The van der Waals surface area contributed by atoms with Crippen molar-refractivity contribution in [1.82, 2.24) is 4.57 Å². The summed E-state index contributed by atoms with van der Waals surface area (Å²) in [6, 6.07) is 11.6. The second kappa shape index (κ2) is 8.19. The number of hydrogen-bond acceptors (Lipinski definition) is 4. The highest BCUT2D eigenvalue weighted by Crippen LogP contribution is 2.21. The second-order valence-corrected chi connectivity index (χ2v) is 8.56. The third kappa shape index (κ3) is 4.16. The van der Waals surface area contributed by atoms with Crippen molar-refractivity contribution in [1.29, 1.82) is 0 Å². The van der Waals surface area contributed by atoms with Gasteiger partial charge in [-0.2, -0.15) is 0 Å². The quantitative estimate of drug-likeness (QED) is 0.671. The van der Waals surface area contributed by atoms with E-state index in [1.807, 2.05) is 0 Å². The summed E-state index contributed by atoms with van der Waals surface area (Å²) in [5.74, 6) is -2.53. The number of sulfone groups is 1. The van der Waals surface area contributed by atoms with Gasteiger partial charge in [-0.15, -0.1) is 0 Å². The third-order valence-electron chi connectivity index (χ3n) is 4.48. The molecule has 1 N–H and O–H groups in total. The Kier molecular flexibility index (Phi) is 5.84. The van der Waals surface area contributed by atoms with Crippen LogP contribution in [0.1, 0.15) is 11.3 Å². The summed E-state index contributed by atoms with van der Waals surface area (Å²) in [7, 11) is -4.11. The molecule has 0 spiro atoms. The molecular formula is C21H18F2N2O4S. The van der Waals surface area contributed by atoms with Crippen molar-refractivity contribution >= 4 is 21.4 Å². The molecule has 1 heterocycles. The van der Waals surface area contributed by atoms with E-state index in [1.165, 1.54) is 25.1 Å². The number of benzene rings is 2. The summed E-state index contributed by atoms with van der Waals surface area (Å²) in [5.41, 5.74) is -0.496. The van der Waals surface area contributed by atoms with Crippen LogP contribution in [0.3, 0.4) is 0 Å². The van der Waals surface area contributed by atoms with Gasteiger partial charge in [-0.05, 0) is 49.7 Å². The Morgan fingerprint density at radius 1 is 1.03 bits per heavy atom. The second-order valence-electron chi connectivity index (χ2n) is 6.68. The first kappa shape index (κ1) is 21.4. The van der Waals surface area contributed by atoms with Crippen LogP contribution in [0.25, 0.3) is 0 Å². The van der Waals surface area contributed by atoms with E-state index in [4.69, 9.17) is 0 Å². The molecule has 2 aromatic carbocycles. The van der Waals surface area contributed by atoms with E-state index in [0.717, 1.165) is 16.7 Å². The lowest BCUT2D eigenvalue weighted by molar-refractivity contribution is -0.116. The minimum atomic E-state index is -4.11. The zero-order valence-corrected chi connectivity index (χ0v) is 17.0. The van der Waals surface area contributed by atoms with Crippen molar-refractivity contribution in [3.63, 3.8) is 0 Å². The van der Waals surface area contributed by atoms with Crippen LogP contribution in [0, 0.1) is 25.5 Å². The number of carbonyl (C=O) groups excluding carboxylic acids is 1. The predicted molar refractivity (Wildman–Crippen MR) is 107 cm³/mol. The Labute approximate surface area is 171 Å². The van der Waals surface area contributed by atoms with Gasteiger partial charge in [0.05, 0.1) is 10.6 Å². The lowest BCUT2D eigenvalue weighted by Crippen LogP contribution is -2.33. The molecule has 156 valence electrons. The van der Waals surface area contributed by atoms with Gasteiger partial charge in [-0.25, -0.2) is 17.2 Å². The number of nitrogens with one attached hydrogen (secondary N) is 1. The van der Waals surface area contributed by atoms with Crippen LogP contribution in [0.2, 0.25) is 0 Å². The van der Waals surface area contributed by atoms with E-state index < -0.39 is 44.4 Å². The van der Waals surface area contributed by atoms with E-state index in [0.29, 0.717) is 11.8 Å². The Bertz CT molecular complexity index is 1290. The number of hydrogen-bond donors (Lipinski definition) is 1. The van der Waals surface area contributed by atoms with Gasteiger partial charge in [0.15, 0.2) is 0 Å². The molecule has 1 aromatic heterocycles. The van der Waals surface area contributed by atoms with Gasteiger partial charge < -0.3 is 9.88 Å². The van der Waals surface area contributed by atoms with E-state index in [9.17, 15) is 26.8 Å². The summed E-state index contributed by atoms with van der Waals surface area (Å²) in [6.45, 7) is 2.51. The van der Waals surface area contributed by atoms with E-state index in [2.05, 4.69) is 5.32 Å². The molecule has 30 heavy (non-hydrogen) atoms. The van der Waals surface area contributed by atoms with Crippen LogP contribution in [-0.4, -0.2) is 18.9 Å². The highest BCUT2D eigenvalue weighted by Gasteiger charge is 2.26. The number of rotatable bonds is 5. The van der Waals surface area contributed by atoms with Crippen molar-refractivity contribution in [2.75, 3.05) is 5.32 Å². The number of aryl methyl sites for hydroxylation is 2. The number of carbonyl (C=O) groups is 1. The smallest absolute Gasteiger partial charge is 0.270 e. The Morgan fingerprint density at radius 2 is 1.70 bits per heavy atom. The summed E-state index contributed by atoms with van der Waals surface area (Å²) in [5, 5.41) is 2.26. The molecule has 0 saturated carbocycles. The van der Waals surface area contributed by atoms with Crippen LogP contribution in [0.15, 0.2) is 69.2 Å². The van der Waals surface area contributed by atoms with Crippen LogP contribution in [0.5, 0.6) is 0 Å². The first-order valence-corrected chi connectivity index (χ1v) is 10.4. The molecule has 0 aliphatic carbocycles. The maximum absolute atomic E-state index is 13.8. The molecule has 9 heteroatoms. The normalized spacial score (nSPS) is 11.3. The molecule has 3 aromatic rings. The molecule has 0 bridgehead atoms. The minimum Gasteiger partial charge on any atom is -0.322 e. The van der Waals surface area contributed by atoms with Crippen molar-refractivity contribution in [3.8, 4) is 0 Å². The number of nitrogens with zero attached hydrogens (tertiary/aromatic N) is 1. The zero-order valence-electron chi connectivity index (χ0n) is 16.1. The fourth-order valence-electron chi connectivity index (χ4n) is 3.07. The van der Waals surface area contributed by atoms with Crippen LogP contribution in [-0.2, 0) is 21.2 Å². The van der Waals surface area contributed by atoms with Gasteiger partial charge in [0, 0.05) is 11.8 Å². The molecule has 0 aliphatic rings. The van der Waals surface area contributed by atoms with Gasteiger partial charge in [-0.3, -0.25) is 9.59 Å². The van der Waals surface area contributed by atoms with E-state index in [-0.39, 0.29) is 16.1 Å². The van der Waals surface area contributed by atoms with E-state index >= 15 is 0 Å². The van der Waals surface area contributed by atoms with Crippen molar-refractivity contribution < 1.29 is 22.0 Å². The largest absolute Gasteiger partial charge is 0.322 e. The summed E-state index contributed by atoms with van der Waals surface area (Å²) >= 11 is 0. The summed E-state index contributed by atoms with van der Waals surface area (Å²) in [4.78, 5) is 24.9. The van der Waals surface area contributed by atoms with Gasteiger partial charge in [0.2, 0.25) is 15.7 Å². The molecule has 0 radical (unpaired) electrons. The van der Waals surface area contributed by atoms with Crippen molar-refractivity contribution in [2.24, 2.45) is 0 Å². The standard InChI is InChI=1S/C21H18F2N2O4S/c1-13-10-14(2)25(12-19(26)24-18-9-8-15(22)11-17(18)23)21(27)20(13)30(28,29)16-6-4-3-5-7-16/h3-11H,12H2,1-2H3,(H,24,26). The Morgan fingerprint density at radius 3 is 2.33 bits per heavy atom. The lowest BCUT2D eigenvalue weighted by atomic mass is 10.2. The fraction of sp³-hybridized carbons (Fsp3) is 0.143. The zero-order chi connectivity index (χ0) is 22.1. The maximum atomic E-state index is 13.8. The number of amides is 1. The van der Waals surface area contributed by atoms with Crippen LogP contribution >= 0.6 is 0 Å². The van der Waals surface area contributed by atoms with Crippen molar-refractivity contribution in [3.05, 3.63) is 87.8 Å². The SMILES string of the molecule is Cc1cc(C)n(CC(=O)Nc2ccc(F)cc2F)c(=O)c1S(=O)(=O)c1ccccc1. The fourth-order valence-corrected chi connectivity index (χ4v) is 4.65. The molecule has 1 amide bonds. The lowest BCUT2D eigenvalue weighted by Gasteiger charge is -2.15. The molecule has 0 fully saturated rings. The maximum Gasteiger partial charge on any atom is 0.270 e. The van der Waals surface area contributed by atoms with Crippen molar-refractivity contribution in [2.45, 2.75) is 30.2 Å². The van der Waals surface area contributed by atoms with Gasteiger partial charge in [0.25, 0.3) is 5.56 Å². The molecule has 0 atom stereocenters. The highest BCUT2D eigenvalue weighted by atomic mass is 32.2. The molecule has 3 rings (SSSR count). The van der Waals surface area contributed by atoms with E-state index in [1.54, 1.807) is 25.1 Å². The molecule has 6 nitrogen and oxygen atoms in total. The van der Waals surface area contributed by atoms with Crippen LogP contribution < -0.4 is 10.9 Å². The third-order valence-corrected chi connectivity index (χ3v) is 6.40. The first-order chi connectivity index (χ1) is 14.1. The average molecular weight is 432 g/mol. The average Bonchev–Trinajstić information content (AvgIpc) is 2.67. The molecule has 0 unspecified atom stereocenters.